The second-order valence-electron chi connectivity index (χ2n) is 15.2. The van der Waals surface area contributed by atoms with Gasteiger partial charge in [0, 0.05) is 55.0 Å². The summed E-state index contributed by atoms with van der Waals surface area (Å²) in [5.74, 6) is 2.32. The van der Waals surface area contributed by atoms with E-state index in [1.54, 1.807) is 0 Å². The normalized spacial score (nSPS) is 11.8. The maximum atomic E-state index is 6.49. The van der Waals surface area contributed by atoms with Crippen molar-refractivity contribution in [2.24, 2.45) is 0 Å². The first-order valence-corrected chi connectivity index (χ1v) is 20.0. The largest absolute Gasteiger partial charge is 0.455 e. The molecule has 4 heterocycles. The quantitative estimate of drug-likeness (QED) is 0.167. The van der Waals surface area contributed by atoms with Crippen molar-refractivity contribution in [1.29, 1.82) is 0 Å². The molecular formula is C53H33N5O2. The zero-order valence-electron chi connectivity index (χ0n) is 32.4. The molecule has 0 spiro atoms. The Hall–Kier alpha value is -8.16. The van der Waals surface area contributed by atoms with Crippen LogP contribution in [0.5, 0.6) is 0 Å². The summed E-state index contributed by atoms with van der Waals surface area (Å²) in [6.07, 6.45) is 0. The summed E-state index contributed by atoms with van der Waals surface area (Å²) < 4.78 is 15.2. The second kappa shape index (κ2) is 13.5. The molecule has 7 heteroatoms. The number of aromatic nitrogens is 5. The molecule has 0 bridgehead atoms. The predicted molar refractivity (Wildman–Crippen MR) is 241 cm³/mol. The van der Waals surface area contributed by atoms with Crippen molar-refractivity contribution in [3.8, 4) is 62.4 Å². The zero-order valence-corrected chi connectivity index (χ0v) is 32.4. The van der Waals surface area contributed by atoms with Gasteiger partial charge in [0.15, 0.2) is 23.1 Å². The van der Waals surface area contributed by atoms with Gasteiger partial charge >= 0.3 is 0 Å². The van der Waals surface area contributed by atoms with Crippen LogP contribution < -0.4 is 0 Å². The minimum atomic E-state index is 0.534. The number of hydrogen-bond acceptors (Lipinski definition) is 6. The van der Waals surface area contributed by atoms with Crippen LogP contribution in [0.4, 0.5) is 0 Å². The van der Waals surface area contributed by atoms with Crippen LogP contribution in [0.1, 0.15) is 5.56 Å². The van der Waals surface area contributed by atoms with E-state index in [1.165, 1.54) is 10.9 Å². The Labute approximate surface area is 343 Å². The minimum absolute atomic E-state index is 0.534. The highest BCUT2D eigenvalue weighted by atomic mass is 16.3. The summed E-state index contributed by atoms with van der Waals surface area (Å²) in [6, 6.07) is 62.3. The Bertz CT molecular complexity index is 3560. The third-order valence-corrected chi connectivity index (χ3v) is 11.3. The van der Waals surface area contributed by atoms with Gasteiger partial charge in [-0.1, -0.05) is 109 Å². The number of fused-ring (bicyclic) bond motifs is 7. The molecule has 0 radical (unpaired) electrons. The molecule has 12 rings (SSSR count). The van der Waals surface area contributed by atoms with Gasteiger partial charge in [-0.3, -0.25) is 0 Å². The molecule has 0 saturated carbocycles. The van der Waals surface area contributed by atoms with E-state index < -0.39 is 0 Å². The van der Waals surface area contributed by atoms with E-state index in [-0.39, 0.29) is 0 Å². The standard InChI is InChI=1S/C53H33N5O2/c1-32-27-41(49-43(28-32)40-20-9-11-22-47(40)59-49)35-23-25-46-42(30-35)39-19-8-10-21-45(39)58(46)38-18-12-17-37(29-38)53-54-44-31-36(24-26-48(44)60-53)52-56-50(33-13-4-2-5-14-33)55-51(57-52)34-15-6-3-7-16-34/h2-31H,1H3. The van der Waals surface area contributed by atoms with Crippen molar-refractivity contribution in [1.82, 2.24) is 24.5 Å². The van der Waals surface area contributed by atoms with Crippen LogP contribution in [0.15, 0.2) is 191 Å². The van der Waals surface area contributed by atoms with E-state index >= 15 is 0 Å². The van der Waals surface area contributed by atoms with Crippen molar-refractivity contribution in [2.45, 2.75) is 6.92 Å². The smallest absolute Gasteiger partial charge is 0.227 e. The van der Waals surface area contributed by atoms with Crippen LogP contribution in [0.2, 0.25) is 0 Å². The summed E-state index contributed by atoms with van der Waals surface area (Å²) in [4.78, 5) is 19.7. The first-order valence-electron chi connectivity index (χ1n) is 20.0. The van der Waals surface area contributed by atoms with Gasteiger partial charge in [0.2, 0.25) is 5.89 Å². The molecule has 4 aromatic heterocycles. The van der Waals surface area contributed by atoms with E-state index in [0.29, 0.717) is 28.9 Å². The maximum Gasteiger partial charge on any atom is 0.227 e. The molecule has 7 nitrogen and oxygen atoms in total. The Kier molecular flexibility index (Phi) is 7.62. The third-order valence-electron chi connectivity index (χ3n) is 11.3. The average Bonchev–Trinajstić information content (AvgIpc) is 4.01. The first kappa shape index (κ1) is 33.9. The molecular weight excluding hydrogens is 739 g/mol. The highest BCUT2D eigenvalue weighted by molar-refractivity contribution is 6.13. The van der Waals surface area contributed by atoms with Gasteiger partial charge in [0.25, 0.3) is 0 Å². The fraction of sp³-hybridized carbons (Fsp3) is 0.0189. The van der Waals surface area contributed by atoms with Crippen LogP contribution in [0.25, 0.3) is 117 Å². The number of nitrogens with zero attached hydrogens (tertiary/aromatic N) is 5. The fourth-order valence-corrected chi connectivity index (χ4v) is 8.51. The molecule has 0 fully saturated rings. The van der Waals surface area contributed by atoms with Gasteiger partial charge < -0.3 is 13.4 Å². The maximum absolute atomic E-state index is 6.49. The number of hydrogen-bond donors (Lipinski definition) is 0. The van der Waals surface area contributed by atoms with E-state index in [1.807, 2.05) is 97.1 Å². The number of rotatable bonds is 6. The number of aryl methyl sites for hydroxylation is 1. The van der Waals surface area contributed by atoms with E-state index in [0.717, 1.165) is 82.9 Å². The van der Waals surface area contributed by atoms with Crippen molar-refractivity contribution < 1.29 is 8.83 Å². The van der Waals surface area contributed by atoms with Crippen LogP contribution in [-0.4, -0.2) is 24.5 Å². The third kappa shape index (κ3) is 5.59. The molecule has 0 amide bonds. The van der Waals surface area contributed by atoms with Crippen molar-refractivity contribution >= 4 is 54.8 Å². The van der Waals surface area contributed by atoms with Gasteiger partial charge in [-0.2, -0.15) is 0 Å². The van der Waals surface area contributed by atoms with E-state index in [4.69, 9.17) is 28.8 Å². The summed E-state index contributed by atoms with van der Waals surface area (Å²) in [7, 11) is 0. The summed E-state index contributed by atoms with van der Waals surface area (Å²) in [6.45, 7) is 2.15. The summed E-state index contributed by atoms with van der Waals surface area (Å²) >= 11 is 0. The van der Waals surface area contributed by atoms with Crippen molar-refractivity contribution in [3.05, 3.63) is 188 Å². The molecule has 0 aliphatic rings. The Balaban J connectivity index is 0.942. The van der Waals surface area contributed by atoms with Crippen molar-refractivity contribution in [2.75, 3.05) is 0 Å². The van der Waals surface area contributed by atoms with Gasteiger partial charge in [0.05, 0.1) is 11.0 Å². The molecule has 0 atom stereocenters. The molecule has 8 aromatic carbocycles. The molecule has 0 aliphatic heterocycles. The van der Waals surface area contributed by atoms with Crippen molar-refractivity contribution in [3.63, 3.8) is 0 Å². The number of para-hydroxylation sites is 2. The van der Waals surface area contributed by atoms with E-state index in [9.17, 15) is 0 Å². The average molecular weight is 772 g/mol. The molecule has 0 saturated heterocycles. The van der Waals surface area contributed by atoms with Crippen LogP contribution in [-0.2, 0) is 0 Å². The summed E-state index contributed by atoms with van der Waals surface area (Å²) in [5, 5.41) is 4.60. The Morgan fingerprint density at radius 1 is 0.400 bits per heavy atom. The van der Waals surface area contributed by atoms with E-state index in [2.05, 4.69) is 96.4 Å². The SMILES string of the molecule is Cc1cc(-c2ccc3c(c2)c2ccccc2n3-c2cccc(-c3nc4cc(-c5nc(-c6ccccc6)nc(-c6ccccc6)n5)ccc4o3)c2)c2oc3ccccc3c2c1. The predicted octanol–water partition coefficient (Wildman–Crippen LogP) is 13.7. The van der Waals surface area contributed by atoms with Gasteiger partial charge in [0.1, 0.15) is 16.7 Å². The first-order chi connectivity index (χ1) is 29.6. The lowest BCUT2D eigenvalue weighted by Crippen LogP contribution is -2.00. The minimum Gasteiger partial charge on any atom is -0.455 e. The van der Waals surface area contributed by atoms with Gasteiger partial charge in [-0.05, 0) is 90.8 Å². The van der Waals surface area contributed by atoms with Crippen LogP contribution in [0, 0.1) is 6.92 Å². The Morgan fingerprint density at radius 3 is 1.83 bits per heavy atom. The van der Waals surface area contributed by atoms with Gasteiger partial charge in [-0.15, -0.1) is 0 Å². The number of furan rings is 1. The molecule has 0 unspecified atom stereocenters. The lowest BCUT2D eigenvalue weighted by molar-refractivity contribution is 0.620. The number of oxazole rings is 1. The number of benzene rings is 8. The summed E-state index contributed by atoms with van der Waals surface area (Å²) in [5.41, 5.74) is 13.4. The second-order valence-corrected chi connectivity index (χ2v) is 15.2. The Morgan fingerprint density at radius 2 is 1.05 bits per heavy atom. The monoisotopic (exact) mass is 771 g/mol. The molecule has 282 valence electrons. The zero-order chi connectivity index (χ0) is 39.7. The molecule has 60 heavy (non-hydrogen) atoms. The molecule has 0 aliphatic carbocycles. The molecule has 12 aromatic rings. The lowest BCUT2D eigenvalue weighted by Gasteiger charge is -2.10. The highest BCUT2D eigenvalue weighted by Gasteiger charge is 2.19. The van der Waals surface area contributed by atoms with Crippen LogP contribution in [0.3, 0.4) is 0 Å². The van der Waals surface area contributed by atoms with Gasteiger partial charge in [-0.25, -0.2) is 19.9 Å². The molecule has 0 N–H and O–H groups in total. The lowest BCUT2D eigenvalue weighted by atomic mass is 9.98. The fourth-order valence-electron chi connectivity index (χ4n) is 8.51. The van der Waals surface area contributed by atoms with Crippen LogP contribution >= 0.6 is 0 Å². The highest BCUT2D eigenvalue weighted by Crippen LogP contribution is 2.40. The topological polar surface area (TPSA) is 82.8 Å².